The molecule has 2 aromatic carbocycles. The van der Waals surface area contributed by atoms with Crippen LogP contribution in [0.5, 0.6) is 0 Å². The molecule has 1 atom stereocenters. The summed E-state index contributed by atoms with van der Waals surface area (Å²) in [4.78, 5) is 15.5. The Morgan fingerprint density at radius 3 is 2.13 bits per heavy atom. The van der Waals surface area contributed by atoms with Crippen molar-refractivity contribution in [1.82, 2.24) is 4.90 Å². The first-order valence-electron chi connectivity index (χ1n) is 10.9. The molecular formula is C26H29NO3. The van der Waals surface area contributed by atoms with E-state index in [0.29, 0.717) is 23.5 Å². The quantitative estimate of drug-likeness (QED) is 0.455. The molecule has 156 valence electrons. The standard InChI is InChI=1S/C26H29NO3/c28-25(26(29,23-11-5-1-6-12-23)24-13-7-2-8-14-24)30-19-9-3-4-10-22-20-27-17-15-21(22)16-18-27/h1-2,5-8,11-14,21-22,29H,9-10,15-20H2/t22-/m0/s1. The van der Waals surface area contributed by atoms with Gasteiger partial charge in [0.1, 0.15) is 6.61 Å². The molecule has 0 saturated carbocycles. The lowest BCUT2D eigenvalue weighted by molar-refractivity contribution is -0.162. The van der Waals surface area contributed by atoms with Gasteiger partial charge in [-0.25, -0.2) is 4.79 Å². The SMILES string of the molecule is O=C(OCCC#CC[C@H]1CN2CCC1CC2)C(O)(c1ccccc1)c1ccccc1. The van der Waals surface area contributed by atoms with Crippen LogP contribution in [-0.2, 0) is 15.1 Å². The van der Waals surface area contributed by atoms with E-state index in [0.717, 1.165) is 12.3 Å². The van der Waals surface area contributed by atoms with Crippen LogP contribution in [0.15, 0.2) is 60.7 Å². The predicted octanol–water partition coefficient (Wildman–Crippen LogP) is 3.59. The zero-order chi connectivity index (χ0) is 20.8. The van der Waals surface area contributed by atoms with Crippen molar-refractivity contribution in [3.8, 4) is 11.8 Å². The van der Waals surface area contributed by atoms with Gasteiger partial charge < -0.3 is 14.7 Å². The fourth-order valence-corrected chi connectivity index (χ4v) is 4.67. The monoisotopic (exact) mass is 403 g/mol. The summed E-state index contributed by atoms with van der Waals surface area (Å²) in [5, 5.41) is 11.3. The number of benzene rings is 2. The molecule has 4 heteroatoms. The van der Waals surface area contributed by atoms with Crippen molar-refractivity contribution in [2.24, 2.45) is 11.8 Å². The van der Waals surface area contributed by atoms with Gasteiger partial charge in [0.05, 0.1) is 0 Å². The highest BCUT2D eigenvalue weighted by Gasteiger charge is 2.41. The van der Waals surface area contributed by atoms with Gasteiger partial charge >= 0.3 is 5.97 Å². The lowest BCUT2D eigenvalue weighted by atomic mass is 9.77. The third-order valence-corrected chi connectivity index (χ3v) is 6.42. The topological polar surface area (TPSA) is 49.8 Å². The minimum Gasteiger partial charge on any atom is -0.462 e. The van der Waals surface area contributed by atoms with Crippen molar-refractivity contribution in [3.63, 3.8) is 0 Å². The van der Waals surface area contributed by atoms with Crippen molar-refractivity contribution in [3.05, 3.63) is 71.8 Å². The van der Waals surface area contributed by atoms with Crippen LogP contribution >= 0.6 is 0 Å². The number of carbonyl (C=O) groups is 1. The molecule has 3 fully saturated rings. The molecule has 3 aliphatic rings. The molecule has 0 unspecified atom stereocenters. The number of fused-ring (bicyclic) bond motifs is 3. The summed E-state index contributed by atoms with van der Waals surface area (Å²) in [5.74, 6) is 7.28. The number of hydrogen-bond acceptors (Lipinski definition) is 4. The Labute approximate surface area is 178 Å². The van der Waals surface area contributed by atoms with Crippen molar-refractivity contribution < 1.29 is 14.6 Å². The summed E-state index contributed by atoms with van der Waals surface area (Å²) in [6.45, 7) is 3.84. The molecule has 0 aliphatic carbocycles. The molecule has 0 aromatic heterocycles. The largest absolute Gasteiger partial charge is 0.462 e. The van der Waals surface area contributed by atoms with Crippen molar-refractivity contribution >= 4 is 5.97 Å². The van der Waals surface area contributed by atoms with Crippen LogP contribution in [0.4, 0.5) is 0 Å². The number of hydrogen-bond donors (Lipinski definition) is 1. The number of aliphatic hydroxyl groups is 1. The van der Waals surface area contributed by atoms with Gasteiger partial charge in [-0.05, 0) is 48.9 Å². The first-order valence-corrected chi connectivity index (χ1v) is 10.9. The lowest BCUT2D eigenvalue weighted by Gasteiger charge is -2.44. The van der Waals surface area contributed by atoms with Gasteiger partial charge in [-0.15, -0.1) is 5.92 Å². The second kappa shape index (κ2) is 9.47. The van der Waals surface area contributed by atoms with Gasteiger partial charge in [-0.3, -0.25) is 0 Å². The number of rotatable bonds is 6. The maximum atomic E-state index is 12.9. The first-order chi connectivity index (χ1) is 14.7. The molecule has 2 aromatic rings. The minimum atomic E-state index is -1.83. The van der Waals surface area contributed by atoms with Crippen LogP contribution in [0.2, 0.25) is 0 Å². The molecule has 3 saturated heterocycles. The Morgan fingerprint density at radius 1 is 1.00 bits per heavy atom. The van der Waals surface area contributed by atoms with E-state index in [9.17, 15) is 9.90 Å². The molecular weight excluding hydrogens is 374 g/mol. The summed E-state index contributed by atoms with van der Waals surface area (Å²) in [7, 11) is 0. The van der Waals surface area contributed by atoms with Crippen LogP contribution in [-0.4, -0.2) is 42.2 Å². The molecule has 0 amide bonds. The van der Waals surface area contributed by atoms with Crippen LogP contribution in [0.3, 0.4) is 0 Å². The maximum Gasteiger partial charge on any atom is 0.347 e. The Balaban J connectivity index is 1.34. The Kier molecular flexibility index (Phi) is 6.52. The van der Waals surface area contributed by atoms with Crippen LogP contribution < -0.4 is 0 Å². The number of nitrogens with zero attached hydrogens (tertiary/aromatic N) is 1. The smallest absolute Gasteiger partial charge is 0.347 e. The van der Waals surface area contributed by atoms with E-state index >= 15 is 0 Å². The first kappa shape index (κ1) is 20.7. The van der Waals surface area contributed by atoms with Gasteiger partial charge in [0.2, 0.25) is 5.60 Å². The van der Waals surface area contributed by atoms with E-state index in [2.05, 4.69) is 16.7 Å². The normalized spacial score (nSPS) is 22.8. The van der Waals surface area contributed by atoms with Gasteiger partial charge in [0.15, 0.2) is 0 Å². The number of carbonyl (C=O) groups excluding carboxylic acids is 1. The zero-order valence-corrected chi connectivity index (χ0v) is 17.3. The van der Waals surface area contributed by atoms with Gasteiger partial charge in [-0.1, -0.05) is 66.6 Å². The fraction of sp³-hybridized carbons (Fsp3) is 0.423. The van der Waals surface area contributed by atoms with Crippen molar-refractivity contribution in [2.75, 3.05) is 26.2 Å². The van der Waals surface area contributed by atoms with Gasteiger partial charge in [0, 0.05) is 19.4 Å². The Bertz CT molecular complexity index is 853. The highest BCUT2D eigenvalue weighted by molar-refractivity contribution is 5.85. The molecule has 0 radical (unpaired) electrons. The van der Waals surface area contributed by atoms with Crippen molar-refractivity contribution in [2.45, 2.75) is 31.3 Å². The van der Waals surface area contributed by atoms with Crippen LogP contribution in [0.1, 0.15) is 36.8 Å². The predicted molar refractivity (Wildman–Crippen MR) is 117 cm³/mol. The van der Waals surface area contributed by atoms with E-state index in [1.165, 1.54) is 32.5 Å². The molecule has 4 nitrogen and oxygen atoms in total. The van der Waals surface area contributed by atoms with E-state index < -0.39 is 11.6 Å². The number of ether oxygens (including phenoxy) is 1. The van der Waals surface area contributed by atoms with E-state index in [1.807, 2.05) is 12.1 Å². The number of esters is 1. The molecule has 30 heavy (non-hydrogen) atoms. The van der Waals surface area contributed by atoms with Gasteiger partial charge in [0.25, 0.3) is 0 Å². The summed E-state index contributed by atoms with van der Waals surface area (Å²) >= 11 is 0. The lowest BCUT2D eigenvalue weighted by Crippen LogP contribution is -2.47. The summed E-state index contributed by atoms with van der Waals surface area (Å²) < 4.78 is 5.46. The van der Waals surface area contributed by atoms with Crippen molar-refractivity contribution in [1.29, 1.82) is 0 Å². The van der Waals surface area contributed by atoms with E-state index in [-0.39, 0.29) is 6.61 Å². The molecule has 2 bridgehead atoms. The average molecular weight is 404 g/mol. The maximum absolute atomic E-state index is 12.9. The van der Waals surface area contributed by atoms with E-state index in [4.69, 9.17) is 4.74 Å². The summed E-state index contributed by atoms with van der Waals surface area (Å²) in [5.41, 5.74) is -0.838. The second-order valence-electron chi connectivity index (χ2n) is 8.28. The summed E-state index contributed by atoms with van der Waals surface area (Å²) in [6.07, 6.45) is 4.02. The highest BCUT2D eigenvalue weighted by Crippen LogP contribution is 2.34. The molecule has 3 aliphatic heterocycles. The second-order valence-corrected chi connectivity index (χ2v) is 8.28. The molecule has 5 rings (SSSR count). The van der Waals surface area contributed by atoms with Crippen LogP contribution in [0, 0.1) is 23.7 Å². The molecule has 0 spiro atoms. The Hall–Kier alpha value is -2.61. The third kappa shape index (κ3) is 4.43. The summed E-state index contributed by atoms with van der Waals surface area (Å²) in [6, 6.07) is 17.9. The highest BCUT2D eigenvalue weighted by atomic mass is 16.5. The molecule has 3 heterocycles. The fourth-order valence-electron chi connectivity index (χ4n) is 4.67. The molecule has 1 N–H and O–H groups in total. The Morgan fingerprint density at radius 2 is 1.60 bits per heavy atom. The van der Waals surface area contributed by atoms with Crippen LogP contribution in [0.25, 0.3) is 0 Å². The zero-order valence-electron chi connectivity index (χ0n) is 17.3. The minimum absolute atomic E-state index is 0.175. The average Bonchev–Trinajstić information content (AvgIpc) is 2.82. The third-order valence-electron chi connectivity index (χ3n) is 6.42. The van der Waals surface area contributed by atoms with Gasteiger partial charge in [-0.2, -0.15) is 0 Å². The van der Waals surface area contributed by atoms with E-state index in [1.54, 1.807) is 48.5 Å². The number of piperidine rings is 3.